The minimum absolute atomic E-state index is 0.0969. The lowest BCUT2D eigenvalue weighted by Crippen LogP contribution is -2.10. The van der Waals surface area contributed by atoms with Crippen molar-refractivity contribution in [3.63, 3.8) is 0 Å². The first-order valence-electron chi connectivity index (χ1n) is 4.61. The van der Waals surface area contributed by atoms with Crippen molar-refractivity contribution in [3.8, 4) is 5.88 Å². The van der Waals surface area contributed by atoms with Crippen LogP contribution < -0.4 is 4.74 Å². The first-order valence-corrected chi connectivity index (χ1v) is 5.37. The van der Waals surface area contributed by atoms with Gasteiger partial charge in [-0.1, -0.05) is 11.6 Å². The molecule has 5 nitrogen and oxygen atoms in total. The topological polar surface area (TPSA) is 53.5 Å². The Morgan fingerprint density at radius 1 is 1.19 bits per heavy atom. The third kappa shape index (κ3) is 4.94. The zero-order chi connectivity index (χ0) is 11.8. The average molecular weight is 267 g/mol. The van der Waals surface area contributed by atoms with Gasteiger partial charge in [-0.05, 0) is 11.6 Å². The first-order chi connectivity index (χ1) is 7.74. The molecule has 0 aliphatic carbocycles. The van der Waals surface area contributed by atoms with Gasteiger partial charge in [0.15, 0.2) is 0 Å². The molecule has 0 atom stereocenters. The average Bonchev–Trinajstić information content (AvgIpc) is 2.28. The number of aromatic nitrogens is 2. The van der Waals surface area contributed by atoms with Crippen molar-refractivity contribution in [2.75, 3.05) is 33.5 Å². The maximum absolute atomic E-state index is 5.79. The van der Waals surface area contributed by atoms with Crippen LogP contribution >= 0.6 is 23.2 Å². The second-order valence-corrected chi connectivity index (χ2v) is 3.49. The molecule has 0 saturated carbocycles. The number of hydrogen-bond acceptors (Lipinski definition) is 5. The second-order valence-electron chi connectivity index (χ2n) is 2.75. The van der Waals surface area contributed by atoms with Gasteiger partial charge in [-0.3, -0.25) is 0 Å². The quantitative estimate of drug-likeness (QED) is 0.557. The van der Waals surface area contributed by atoms with Crippen molar-refractivity contribution in [1.82, 2.24) is 9.97 Å². The molecule has 0 aliphatic rings. The first kappa shape index (κ1) is 13.4. The lowest BCUT2D eigenvalue weighted by atomic mass is 10.6. The molecule has 0 N–H and O–H groups in total. The van der Waals surface area contributed by atoms with E-state index in [1.807, 2.05) is 0 Å². The monoisotopic (exact) mass is 266 g/mol. The minimum Gasteiger partial charge on any atom is -0.474 e. The van der Waals surface area contributed by atoms with Crippen LogP contribution in [0, 0.1) is 0 Å². The largest absolute Gasteiger partial charge is 0.474 e. The summed E-state index contributed by atoms with van der Waals surface area (Å²) >= 11 is 11.4. The van der Waals surface area contributed by atoms with Crippen LogP contribution in [0.25, 0.3) is 0 Å². The van der Waals surface area contributed by atoms with E-state index in [0.29, 0.717) is 31.5 Å². The zero-order valence-electron chi connectivity index (χ0n) is 8.78. The summed E-state index contributed by atoms with van der Waals surface area (Å²) in [4.78, 5) is 7.53. The Balaban J connectivity index is 2.23. The van der Waals surface area contributed by atoms with Crippen molar-refractivity contribution >= 4 is 23.2 Å². The lowest BCUT2D eigenvalue weighted by molar-refractivity contribution is 0.0537. The van der Waals surface area contributed by atoms with Crippen LogP contribution in [0.1, 0.15) is 0 Å². The van der Waals surface area contributed by atoms with Gasteiger partial charge in [-0.15, -0.1) is 0 Å². The van der Waals surface area contributed by atoms with Crippen LogP contribution in [0.3, 0.4) is 0 Å². The maximum atomic E-state index is 5.79. The fourth-order valence-corrected chi connectivity index (χ4v) is 1.15. The molecule has 1 heterocycles. The third-order valence-corrected chi connectivity index (χ3v) is 2.02. The number of hydrogen-bond donors (Lipinski definition) is 0. The van der Waals surface area contributed by atoms with E-state index >= 15 is 0 Å². The van der Waals surface area contributed by atoms with Gasteiger partial charge >= 0.3 is 0 Å². The predicted octanol–water partition coefficient (Wildman–Crippen LogP) is 1.83. The SMILES string of the molecule is COCCOCCOc1nc(Cl)ncc1Cl. The number of halogens is 2. The van der Waals surface area contributed by atoms with Gasteiger partial charge in [0.2, 0.25) is 11.2 Å². The highest BCUT2D eigenvalue weighted by Gasteiger charge is 2.04. The summed E-state index contributed by atoms with van der Waals surface area (Å²) in [6, 6.07) is 0. The van der Waals surface area contributed by atoms with Crippen molar-refractivity contribution in [1.29, 1.82) is 0 Å². The summed E-state index contributed by atoms with van der Waals surface area (Å²) in [5.74, 6) is 0.261. The van der Waals surface area contributed by atoms with Gasteiger partial charge in [0, 0.05) is 7.11 Å². The van der Waals surface area contributed by atoms with E-state index in [9.17, 15) is 0 Å². The zero-order valence-corrected chi connectivity index (χ0v) is 10.3. The summed E-state index contributed by atoms with van der Waals surface area (Å²) in [5, 5.41) is 0.418. The molecule has 0 unspecified atom stereocenters. The molecule has 16 heavy (non-hydrogen) atoms. The van der Waals surface area contributed by atoms with Gasteiger partial charge in [0.05, 0.1) is 26.0 Å². The molecule has 0 spiro atoms. The van der Waals surface area contributed by atoms with Crippen LogP contribution in [0.4, 0.5) is 0 Å². The van der Waals surface area contributed by atoms with Crippen LogP contribution in [0.2, 0.25) is 10.3 Å². The normalized spacial score (nSPS) is 10.4. The number of rotatable bonds is 7. The third-order valence-electron chi connectivity index (χ3n) is 1.58. The molecule has 0 amide bonds. The van der Waals surface area contributed by atoms with Gasteiger partial charge in [0.1, 0.15) is 11.6 Å². The van der Waals surface area contributed by atoms with Crippen LogP contribution in [-0.2, 0) is 9.47 Å². The number of methoxy groups -OCH3 is 1. The molecular formula is C9H12Cl2N2O3. The highest BCUT2D eigenvalue weighted by Crippen LogP contribution is 2.21. The lowest BCUT2D eigenvalue weighted by Gasteiger charge is -2.07. The fourth-order valence-electron chi connectivity index (χ4n) is 0.874. The Hall–Kier alpha value is -0.620. The molecule has 1 rings (SSSR count). The summed E-state index contributed by atoms with van der Waals surface area (Å²) < 4.78 is 15.3. The Labute approximate surface area is 104 Å². The van der Waals surface area contributed by atoms with Gasteiger partial charge in [-0.25, -0.2) is 4.98 Å². The van der Waals surface area contributed by atoms with Crippen LogP contribution in [-0.4, -0.2) is 43.5 Å². The minimum atomic E-state index is 0.0969. The molecule has 0 aliphatic heterocycles. The molecule has 0 aromatic carbocycles. The number of ether oxygens (including phenoxy) is 3. The standard InChI is InChI=1S/C9H12Cl2N2O3/c1-14-2-3-15-4-5-16-8-7(10)6-12-9(11)13-8/h6H,2-5H2,1H3. The highest BCUT2D eigenvalue weighted by atomic mass is 35.5. The summed E-state index contributed by atoms with van der Waals surface area (Å²) in [6.45, 7) is 1.86. The van der Waals surface area contributed by atoms with Crippen molar-refractivity contribution < 1.29 is 14.2 Å². The highest BCUT2D eigenvalue weighted by molar-refractivity contribution is 6.32. The summed E-state index contributed by atoms with van der Waals surface area (Å²) in [5.41, 5.74) is 0. The molecule has 0 fully saturated rings. The maximum Gasteiger partial charge on any atom is 0.237 e. The molecule has 7 heteroatoms. The van der Waals surface area contributed by atoms with Crippen LogP contribution in [0.5, 0.6) is 5.88 Å². The molecule has 1 aromatic rings. The molecular weight excluding hydrogens is 255 g/mol. The van der Waals surface area contributed by atoms with E-state index in [-0.39, 0.29) is 11.2 Å². The fraction of sp³-hybridized carbons (Fsp3) is 0.556. The molecule has 0 saturated heterocycles. The summed E-state index contributed by atoms with van der Waals surface area (Å²) in [7, 11) is 1.61. The van der Waals surface area contributed by atoms with E-state index in [1.165, 1.54) is 6.20 Å². The van der Waals surface area contributed by atoms with E-state index < -0.39 is 0 Å². The van der Waals surface area contributed by atoms with E-state index in [4.69, 9.17) is 37.4 Å². The second kappa shape index (κ2) is 7.62. The van der Waals surface area contributed by atoms with Crippen molar-refractivity contribution in [3.05, 3.63) is 16.5 Å². The smallest absolute Gasteiger partial charge is 0.237 e. The van der Waals surface area contributed by atoms with E-state index in [0.717, 1.165) is 0 Å². The predicted molar refractivity (Wildman–Crippen MR) is 60.2 cm³/mol. The van der Waals surface area contributed by atoms with E-state index in [1.54, 1.807) is 7.11 Å². The molecule has 0 bridgehead atoms. The van der Waals surface area contributed by atoms with Gasteiger partial charge in [-0.2, -0.15) is 4.98 Å². The molecule has 0 radical (unpaired) electrons. The molecule has 1 aromatic heterocycles. The van der Waals surface area contributed by atoms with Crippen LogP contribution in [0.15, 0.2) is 6.20 Å². The van der Waals surface area contributed by atoms with Gasteiger partial charge < -0.3 is 14.2 Å². The molecule has 90 valence electrons. The number of nitrogens with zero attached hydrogens (tertiary/aromatic N) is 2. The van der Waals surface area contributed by atoms with E-state index in [2.05, 4.69) is 9.97 Å². The Morgan fingerprint density at radius 3 is 2.69 bits per heavy atom. The van der Waals surface area contributed by atoms with Gasteiger partial charge in [0.25, 0.3) is 0 Å². The Kier molecular flexibility index (Phi) is 6.40. The Morgan fingerprint density at radius 2 is 1.94 bits per heavy atom. The van der Waals surface area contributed by atoms with Crippen molar-refractivity contribution in [2.24, 2.45) is 0 Å². The van der Waals surface area contributed by atoms with Crippen molar-refractivity contribution in [2.45, 2.75) is 0 Å². The Bertz CT molecular complexity index is 326. The summed E-state index contributed by atoms with van der Waals surface area (Å²) in [6.07, 6.45) is 1.39.